The molecule has 0 bridgehead atoms. The number of rotatable bonds is 1. The molecule has 0 aliphatic rings. The lowest BCUT2D eigenvalue weighted by atomic mass is 9.88. The van der Waals surface area contributed by atoms with Crippen LogP contribution in [-0.2, 0) is 6.42 Å². The summed E-state index contributed by atoms with van der Waals surface area (Å²) in [6.07, 6.45) is 1.16. The molecule has 0 nitrogen and oxygen atoms in total. The Balaban J connectivity index is 2.46. The highest BCUT2D eigenvalue weighted by Gasteiger charge is 2.13. The van der Waals surface area contributed by atoms with Gasteiger partial charge in [-0.3, -0.25) is 0 Å². The van der Waals surface area contributed by atoms with Gasteiger partial charge in [0.15, 0.2) is 0 Å². The van der Waals surface area contributed by atoms with E-state index in [0.717, 1.165) is 6.42 Å². The second-order valence-corrected chi connectivity index (χ2v) is 5.91. The molecule has 1 aromatic heterocycles. The molecular formula is C13H16S. The summed E-state index contributed by atoms with van der Waals surface area (Å²) in [7, 11) is 0. The highest BCUT2D eigenvalue weighted by molar-refractivity contribution is 7.17. The largest absolute Gasteiger partial charge is 0.144 e. The van der Waals surface area contributed by atoms with Gasteiger partial charge < -0.3 is 0 Å². The van der Waals surface area contributed by atoms with E-state index >= 15 is 0 Å². The van der Waals surface area contributed by atoms with Gasteiger partial charge in [-0.2, -0.15) is 0 Å². The van der Waals surface area contributed by atoms with Crippen LogP contribution in [0.25, 0.3) is 10.1 Å². The summed E-state index contributed by atoms with van der Waals surface area (Å²) in [6.45, 7) is 6.87. The van der Waals surface area contributed by atoms with Crippen LogP contribution in [0, 0.1) is 5.41 Å². The van der Waals surface area contributed by atoms with Crippen molar-refractivity contribution in [2.75, 3.05) is 0 Å². The summed E-state index contributed by atoms with van der Waals surface area (Å²) in [6, 6.07) is 8.81. The molecule has 0 N–H and O–H groups in total. The molecule has 1 aromatic carbocycles. The summed E-state index contributed by atoms with van der Waals surface area (Å²) < 4.78 is 1.46. The van der Waals surface area contributed by atoms with Crippen LogP contribution in [0.15, 0.2) is 29.6 Å². The third kappa shape index (κ3) is 1.98. The molecule has 0 saturated heterocycles. The van der Waals surface area contributed by atoms with Crippen LogP contribution in [0.5, 0.6) is 0 Å². The van der Waals surface area contributed by atoms with Crippen LogP contribution in [0.2, 0.25) is 0 Å². The Morgan fingerprint density at radius 3 is 2.64 bits per heavy atom. The van der Waals surface area contributed by atoms with Gasteiger partial charge in [0.2, 0.25) is 0 Å². The zero-order valence-corrected chi connectivity index (χ0v) is 9.82. The van der Waals surface area contributed by atoms with Crippen molar-refractivity contribution in [1.82, 2.24) is 0 Å². The maximum Gasteiger partial charge on any atom is 0.0374 e. The molecule has 0 amide bonds. The normalized spacial score (nSPS) is 12.2. The zero-order valence-electron chi connectivity index (χ0n) is 9.00. The molecule has 0 radical (unpaired) electrons. The van der Waals surface area contributed by atoms with E-state index in [-0.39, 0.29) is 0 Å². The van der Waals surface area contributed by atoms with Gasteiger partial charge in [0, 0.05) is 4.70 Å². The number of hydrogen-bond donors (Lipinski definition) is 0. The Hall–Kier alpha value is -0.820. The van der Waals surface area contributed by atoms with E-state index in [1.807, 2.05) is 11.3 Å². The molecular weight excluding hydrogens is 188 g/mol. The van der Waals surface area contributed by atoms with E-state index in [2.05, 4.69) is 50.4 Å². The average molecular weight is 204 g/mol. The highest BCUT2D eigenvalue weighted by atomic mass is 32.1. The fourth-order valence-electron chi connectivity index (χ4n) is 1.77. The van der Waals surface area contributed by atoms with Gasteiger partial charge in [0.1, 0.15) is 0 Å². The first-order chi connectivity index (χ1) is 6.56. The standard InChI is InChI=1S/C13H16S/c1-13(2,3)9-11-6-4-5-10-7-8-14-12(10)11/h4-8H,9H2,1-3H3. The molecule has 0 atom stereocenters. The maximum absolute atomic E-state index is 2.29. The van der Waals surface area contributed by atoms with Gasteiger partial charge in [-0.25, -0.2) is 0 Å². The molecule has 1 heterocycles. The molecule has 0 unspecified atom stereocenters. The summed E-state index contributed by atoms with van der Waals surface area (Å²) in [5.41, 5.74) is 1.86. The first kappa shape index (κ1) is 9.72. The quantitative estimate of drug-likeness (QED) is 0.642. The summed E-state index contributed by atoms with van der Waals surface area (Å²) >= 11 is 1.85. The molecule has 0 saturated carbocycles. The molecule has 74 valence electrons. The predicted octanol–water partition coefficient (Wildman–Crippen LogP) is 4.49. The summed E-state index contributed by atoms with van der Waals surface area (Å²) in [5, 5.41) is 3.56. The van der Waals surface area contributed by atoms with Gasteiger partial charge in [-0.15, -0.1) is 11.3 Å². The molecule has 1 heteroatoms. The van der Waals surface area contributed by atoms with Gasteiger partial charge in [-0.05, 0) is 34.2 Å². The van der Waals surface area contributed by atoms with Crippen molar-refractivity contribution in [2.24, 2.45) is 5.41 Å². The van der Waals surface area contributed by atoms with Gasteiger partial charge in [0.25, 0.3) is 0 Å². The van der Waals surface area contributed by atoms with Crippen LogP contribution in [0.4, 0.5) is 0 Å². The highest BCUT2D eigenvalue weighted by Crippen LogP contribution is 2.29. The minimum absolute atomic E-state index is 0.373. The third-order valence-corrected chi connectivity index (χ3v) is 3.29. The van der Waals surface area contributed by atoms with Crippen LogP contribution < -0.4 is 0 Å². The van der Waals surface area contributed by atoms with E-state index in [0.29, 0.717) is 5.41 Å². The number of hydrogen-bond acceptors (Lipinski definition) is 1. The molecule has 0 aliphatic carbocycles. The van der Waals surface area contributed by atoms with Crippen molar-refractivity contribution in [3.8, 4) is 0 Å². The van der Waals surface area contributed by atoms with E-state index < -0.39 is 0 Å². The second-order valence-electron chi connectivity index (χ2n) is 4.99. The van der Waals surface area contributed by atoms with Gasteiger partial charge in [-0.1, -0.05) is 39.0 Å². The third-order valence-electron chi connectivity index (χ3n) is 2.28. The Kier molecular flexibility index (Phi) is 2.36. The molecule has 0 fully saturated rings. The lowest BCUT2D eigenvalue weighted by Crippen LogP contribution is -2.08. The topological polar surface area (TPSA) is 0 Å². The first-order valence-corrected chi connectivity index (χ1v) is 5.89. The van der Waals surface area contributed by atoms with E-state index in [9.17, 15) is 0 Å². The average Bonchev–Trinajstić information content (AvgIpc) is 2.49. The van der Waals surface area contributed by atoms with Crippen LogP contribution in [-0.4, -0.2) is 0 Å². The van der Waals surface area contributed by atoms with Crippen molar-refractivity contribution in [1.29, 1.82) is 0 Å². The second kappa shape index (κ2) is 3.39. The number of thiophene rings is 1. The monoisotopic (exact) mass is 204 g/mol. The summed E-state index contributed by atoms with van der Waals surface area (Å²) in [4.78, 5) is 0. The smallest absolute Gasteiger partial charge is 0.0374 e. The summed E-state index contributed by atoms with van der Waals surface area (Å²) in [5.74, 6) is 0. The minimum atomic E-state index is 0.373. The number of fused-ring (bicyclic) bond motifs is 1. The van der Waals surface area contributed by atoms with E-state index in [4.69, 9.17) is 0 Å². The van der Waals surface area contributed by atoms with Crippen LogP contribution in [0.1, 0.15) is 26.3 Å². The molecule has 2 aromatic rings. The van der Waals surface area contributed by atoms with Gasteiger partial charge >= 0.3 is 0 Å². The maximum atomic E-state index is 2.29. The number of benzene rings is 1. The lowest BCUT2D eigenvalue weighted by molar-refractivity contribution is 0.413. The fourth-order valence-corrected chi connectivity index (χ4v) is 2.68. The van der Waals surface area contributed by atoms with Crippen LogP contribution >= 0.6 is 11.3 Å². The lowest BCUT2D eigenvalue weighted by Gasteiger charge is -2.18. The Bertz CT molecular complexity index is 432. The predicted molar refractivity (Wildman–Crippen MR) is 65.0 cm³/mol. The first-order valence-electron chi connectivity index (χ1n) is 5.01. The molecule has 14 heavy (non-hydrogen) atoms. The van der Waals surface area contributed by atoms with Crippen molar-refractivity contribution in [3.05, 3.63) is 35.2 Å². The van der Waals surface area contributed by atoms with Crippen molar-refractivity contribution < 1.29 is 0 Å². The van der Waals surface area contributed by atoms with E-state index in [1.165, 1.54) is 15.6 Å². The van der Waals surface area contributed by atoms with Crippen molar-refractivity contribution in [3.63, 3.8) is 0 Å². The van der Waals surface area contributed by atoms with Crippen molar-refractivity contribution >= 4 is 21.4 Å². The van der Waals surface area contributed by atoms with Crippen LogP contribution in [0.3, 0.4) is 0 Å². The molecule has 0 aliphatic heterocycles. The Morgan fingerprint density at radius 1 is 1.14 bits per heavy atom. The molecule has 2 rings (SSSR count). The Morgan fingerprint density at radius 2 is 1.93 bits per heavy atom. The minimum Gasteiger partial charge on any atom is -0.144 e. The van der Waals surface area contributed by atoms with E-state index in [1.54, 1.807) is 0 Å². The Labute approximate surface area is 89.6 Å². The fraction of sp³-hybridized carbons (Fsp3) is 0.385. The SMILES string of the molecule is CC(C)(C)Cc1cccc2ccsc12. The van der Waals surface area contributed by atoms with Crippen molar-refractivity contribution in [2.45, 2.75) is 27.2 Å². The zero-order chi connectivity index (χ0) is 10.2. The molecule has 0 spiro atoms. The van der Waals surface area contributed by atoms with Gasteiger partial charge in [0.05, 0.1) is 0 Å².